The maximum Gasteiger partial charge on any atom is 0.0590 e. The summed E-state index contributed by atoms with van der Waals surface area (Å²) in [4.78, 5) is 0. The molecule has 2 atom stereocenters. The zero-order valence-electron chi connectivity index (χ0n) is 12.8. The molecule has 1 aliphatic rings. The van der Waals surface area contributed by atoms with Crippen LogP contribution in [0.4, 0.5) is 0 Å². The van der Waals surface area contributed by atoms with Crippen molar-refractivity contribution in [2.75, 3.05) is 13.2 Å². The van der Waals surface area contributed by atoms with Crippen LogP contribution >= 0.6 is 0 Å². The van der Waals surface area contributed by atoms with E-state index in [2.05, 4.69) is 54.7 Å². The lowest BCUT2D eigenvalue weighted by Crippen LogP contribution is -2.34. The first kappa shape index (κ1) is 14.6. The van der Waals surface area contributed by atoms with Crippen molar-refractivity contribution in [3.63, 3.8) is 0 Å². The SMILES string of the molecule is CCNC(Cc1cccc2ccccc12)CC1CCCO1. The summed E-state index contributed by atoms with van der Waals surface area (Å²) >= 11 is 0. The molecule has 0 radical (unpaired) electrons. The molecule has 0 amide bonds. The highest BCUT2D eigenvalue weighted by Gasteiger charge is 2.21. The molecule has 0 aromatic heterocycles. The fraction of sp³-hybridized carbons (Fsp3) is 0.474. The van der Waals surface area contributed by atoms with Gasteiger partial charge >= 0.3 is 0 Å². The first-order valence-corrected chi connectivity index (χ1v) is 8.18. The van der Waals surface area contributed by atoms with E-state index in [-0.39, 0.29) is 0 Å². The second-order valence-electron chi connectivity index (χ2n) is 5.97. The van der Waals surface area contributed by atoms with E-state index in [9.17, 15) is 0 Å². The van der Waals surface area contributed by atoms with Gasteiger partial charge in [-0.25, -0.2) is 0 Å². The predicted octanol–water partition coefficient (Wildman–Crippen LogP) is 3.93. The third kappa shape index (κ3) is 3.63. The molecule has 2 unspecified atom stereocenters. The summed E-state index contributed by atoms with van der Waals surface area (Å²) in [6.45, 7) is 4.14. The molecule has 1 N–H and O–H groups in total. The van der Waals surface area contributed by atoms with Crippen LogP contribution in [-0.2, 0) is 11.2 Å². The number of likely N-dealkylation sites (N-methyl/N-ethyl adjacent to an activating group) is 1. The summed E-state index contributed by atoms with van der Waals surface area (Å²) in [6.07, 6.45) is 5.09. The first-order valence-electron chi connectivity index (χ1n) is 8.18. The number of hydrogen-bond acceptors (Lipinski definition) is 2. The second kappa shape index (κ2) is 7.06. The topological polar surface area (TPSA) is 21.3 Å². The maximum atomic E-state index is 5.81. The molecule has 0 saturated carbocycles. The Kier molecular flexibility index (Phi) is 4.89. The summed E-state index contributed by atoms with van der Waals surface area (Å²) in [5.41, 5.74) is 1.44. The minimum absolute atomic E-state index is 0.448. The van der Waals surface area contributed by atoms with Gasteiger partial charge < -0.3 is 10.1 Å². The summed E-state index contributed by atoms with van der Waals surface area (Å²) in [6, 6.07) is 15.8. The summed E-state index contributed by atoms with van der Waals surface area (Å²) in [7, 11) is 0. The smallest absolute Gasteiger partial charge is 0.0590 e. The van der Waals surface area contributed by atoms with Gasteiger partial charge in [0.2, 0.25) is 0 Å². The molecule has 2 nitrogen and oxygen atoms in total. The monoisotopic (exact) mass is 283 g/mol. The van der Waals surface area contributed by atoms with Crippen molar-refractivity contribution in [1.29, 1.82) is 0 Å². The molecule has 0 aliphatic carbocycles. The molecular formula is C19H25NO. The van der Waals surface area contributed by atoms with Crippen molar-refractivity contribution < 1.29 is 4.74 Å². The van der Waals surface area contributed by atoms with E-state index < -0.39 is 0 Å². The average molecular weight is 283 g/mol. The zero-order valence-corrected chi connectivity index (χ0v) is 12.8. The van der Waals surface area contributed by atoms with Crippen LogP contribution in [0.25, 0.3) is 10.8 Å². The van der Waals surface area contributed by atoms with E-state index in [0.29, 0.717) is 12.1 Å². The van der Waals surface area contributed by atoms with E-state index in [0.717, 1.165) is 26.0 Å². The highest BCUT2D eigenvalue weighted by atomic mass is 16.5. The van der Waals surface area contributed by atoms with Crippen LogP contribution in [0.3, 0.4) is 0 Å². The fourth-order valence-corrected chi connectivity index (χ4v) is 3.41. The van der Waals surface area contributed by atoms with Crippen LogP contribution in [0, 0.1) is 0 Å². The zero-order chi connectivity index (χ0) is 14.5. The van der Waals surface area contributed by atoms with Crippen molar-refractivity contribution in [3.05, 3.63) is 48.0 Å². The van der Waals surface area contributed by atoms with Gasteiger partial charge in [0, 0.05) is 12.6 Å². The third-order valence-corrected chi connectivity index (χ3v) is 4.41. The summed E-state index contributed by atoms with van der Waals surface area (Å²) in [5.74, 6) is 0. The Labute approximate surface area is 127 Å². The van der Waals surface area contributed by atoms with E-state index in [1.807, 2.05) is 0 Å². The molecule has 2 heteroatoms. The molecule has 0 spiro atoms. The van der Waals surface area contributed by atoms with E-state index in [4.69, 9.17) is 4.74 Å². The van der Waals surface area contributed by atoms with Crippen LogP contribution in [0.5, 0.6) is 0 Å². The second-order valence-corrected chi connectivity index (χ2v) is 5.97. The van der Waals surface area contributed by atoms with Gasteiger partial charge in [-0.05, 0) is 48.6 Å². The van der Waals surface area contributed by atoms with Gasteiger partial charge in [0.15, 0.2) is 0 Å². The standard InChI is InChI=1S/C19H25NO/c1-2-20-17(14-18-10-6-12-21-18)13-16-9-5-8-15-7-3-4-11-19(15)16/h3-5,7-9,11,17-18,20H,2,6,10,12-14H2,1H3. The minimum Gasteiger partial charge on any atom is -0.378 e. The number of nitrogens with one attached hydrogen (secondary N) is 1. The normalized spacial score (nSPS) is 20.0. The average Bonchev–Trinajstić information content (AvgIpc) is 3.01. The largest absolute Gasteiger partial charge is 0.378 e. The van der Waals surface area contributed by atoms with E-state index in [1.165, 1.54) is 29.2 Å². The Hall–Kier alpha value is -1.38. The molecule has 1 heterocycles. The molecule has 1 saturated heterocycles. The van der Waals surface area contributed by atoms with Gasteiger partial charge in [0.05, 0.1) is 6.10 Å². The van der Waals surface area contributed by atoms with Crippen LogP contribution in [0.1, 0.15) is 31.7 Å². The Morgan fingerprint density at radius 3 is 2.86 bits per heavy atom. The van der Waals surface area contributed by atoms with Gasteiger partial charge in [-0.1, -0.05) is 49.4 Å². The van der Waals surface area contributed by atoms with E-state index in [1.54, 1.807) is 0 Å². The van der Waals surface area contributed by atoms with Gasteiger partial charge in [-0.2, -0.15) is 0 Å². The van der Waals surface area contributed by atoms with Crippen LogP contribution in [-0.4, -0.2) is 25.3 Å². The molecular weight excluding hydrogens is 258 g/mol. The van der Waals surface area contributed by atoms with Crippen molar-refractivity contribution >= 4 is 10.8 Å². The fourth-order valence-electron chi connectivity index (χ4n) is 3.41. The highest BCUT2D eigenvalue weighted by Crippen LogP contribution is 2.23. The Morgan fingerprint density at radius 2 is 2.05 bits per heavy atom. The molecule has 3 rings (SSSR count). The van der Waals surface area contributed by atoms with Gasteiger partial charge in [-0.15, -0.1) is 0 Å². The number of ether oxygens (including phenoxy) is 1. The molecule has 21 heavy (non-hydrogen) atoms. The lowest BCUT2D eigenvalue weighted by molar-refractivity contribution is 0.0948. The minimum atomic E-state index is 0.448. The van der Waals surface area contributed by atoms with Crippen molar-refractivity contribution in [1.82, 2.24) is 5.32 Å². The number of fused-ring (bicyclic) bond motifs is 1. The number of benzene rings is 2. The molecule has 1 aliphatic heterocycles. The van der Waals surface area contributed by atoms with Gasteiger partial charge in [-0.3, -0.25) is 0 Å². The summed E-state index contributed by atoms with van der Waals surface area (Å²) in [5, 5.41) is 6.36. The molecule has 112 valence electrons. The van der Waals surface area contributed by atoms with Crippen LogP contribution < -0.4 is 5.32 Å². The van der Waals surface area contributed by atoms with Gasteiger partial charge in [0.1, 0.15) is 0 Å². The Balaban J connectivity index is 1.76. The van der Waals surface area contributed by atoms with Crippen molar-refractivity contribution in [2.45, 2.75) is 44.8 Å². The van der Waals surface area contributed by atoms with Crippen LogP contribution in [0.15, 0.2) is 42.5 Å². The molecule has 0 bridgehead atoms. The number of hydrogen-bond donors (Lipinski definition) is 1. The summed E-state index contributed by atoms with van der Waals surface area (Å²) < 4.78 is 5.81. The molecule has 1 fully saturated rings. The first-order chi connectivity index (χ1) is 10.4. The lowest BCUT2D eigenvalue weighted by atomic mass is 9.95. The Bertz CT molecular complexity index is 569. The Morgan fingerprint density at radius 1 is 1.19 bits per heavy atom. The maximum absolute atomic E-state index is 5.81. The van der Waals surface area contributed by atoms with Gasteiger partial charge in [0.25, 0.3) is 0 Å². The molecule has 2 aromatic rings. The predicted molar refractivity (Wildman–Crippen MR) is 88.7 cm³/mol. The van der Waals surface area contributed by atoms with Crippen LogP contribution in [0.2, 0.25) is 0 Å². The van der Waals surface area contributed by atoms with Crippen molar-refractivity contribution in [3.8, 4) is 0 Å². The number of rotatable bonds is 6. The van der Waals surface area contributed by atoms with E-state index >= 15 is 0 Å². The van der Waals surface area contributed by atoms with Crippen molar-refractivity contribution in [2.24, 2.45) is 0 Å². The highest BCUT2D eigenvalue weighted by molar-refractivity contribution is 5.85. The third-order valence-electron chi connectivity index (χ3n) is 4.41. The lowest BCUT2D eigenvalue weighted by Gasteiger charge is -2.22. The quantitative estimate of drug-likeness (QED) is 0.867. The molecule has 2 aromatic carbocycles.